The zero-order valence-electron chi connectivity index (χ0n) is 18.7. The van der Waals surface area contributed by atoms with Crippen molar-refractivity contribution >= 4 is 23.5 Å². The minimum absolute atomic E-state index is 0.132. The first-order valence-electron chi connectivity index (χ1n) is 10.0. The molecule has 176 valence electrons. The van der Waals surface area contributed by atoms with Gasteiger partial charge in [-0.2, -0.15) is 5.23 Å². The van der Waals surface area contributed by atoms with E-state index in [1.54, 1.807) is 12.1 Å². The van der Waals surface area contributed by atoms with Gasteiger partial charge in [0.05, 0.1) is 26.9 Å². The Morgan fingerprint density at radius 1 is 0.882 bits per heavy atom. The Morgan fingerprint density at radius 3 is 2.09 bits per heavy atom. The average molecular weight is 465 g/mol. The van der Waals surface area contributed by atoms with Gasteiger partial charge in [-0.3, -0.25) is 4.79 Å². The van der Waals surface area contributed by atoms with Gasteiger partial charge < -0.3 is 24.2 Å². The van der Waals surface area contributed by atoms with Crippen LogP contribution in [0.15, 0.2) is 66.7 Å². The molecule has 0 spiro atoms. The Bertz CT molecular complexity index is 1180. The molecule has 0 aliphatic carbocycles. The predicted molar refractivity (Wildman–Crippen MR) is 123 cm³/mol. The predicted octanol–water partition coefficient (Wildman–Crippen LogP) is 3.23. The van der Waals surface area contributed by atoms with E-state index >= 15 is 0 Å². The topological polar surface area (TPSA) is 119 Å². The van der Waals surface area contributed by atoms with Gasteiger partial charge in [0.2, 0.25) is 5.75 Å². The van der Waals surface area contributed by atoms with Crippen LogP contribution in [0.1, 0.15) is 26.3 Å². The number of ether oxygens (including phenoxy) is 4. The summed E-state index contributed by atoms with van der Waals surface area (Å²) in [5.41, 5.74) is 1.29. The molecule has 0 amide bonds. The van der Waals surface area contributed by atoms with Crippen molar-refractivity contribution in [2.24, 2.45) is 0 Å². The normalized spacial score (nSPS) is 11.7. The first-order valence-corrected chi connectivity index (χ1v) is 10.0. The van der Waals surface area contributed by atoms with Crippen molar-refractivity contribution in [1.29, 1.82) is 0 Å². The molecule has 9 nitrogen and oxygen atoms in total. The lowest BCUT2D eigenvalue weighted by Crippen LogP contribution is -2.99. The highest BCUT2D eigenvalue weighted by Crippen LogP contribution is 2.38. The highest BCUT2D eigenvalue weighted by Gasteiger charge is 2.18. The minimum Gasteiger partial charge on any atom is -0.595 e. The molecule has 3 aromatic rings. The molecule has 0 aromatic heterocycles. The van der Waals surface area contributed by atoms with Crippen molar-refractivity contribution in [3.63, 3.8) is 0 Å². The highest BCUT2D eigenvalue weighted by atomic mass is 16.8. The maximum Gasteiger partial charge on any atom is 0.343 e. The van der Waals surface area contributed by atoms with Crippen LogP contribution in [-0.2, 0) is 0 Å². The molecular weight excluding hydrogens is 442 g/mol. The summed E-state index contributed by atoms with van der Waals surface area (Å²) in [6.07, 6.45) is 2.88. The fraction of sp³-hybridized carbons (Fsp3) is 0.120. The zero-order chi connectivity index (χ0) is 24.7. The number of esters is 1. The molecule has 0 bridgehead atoms. The van der Waals surface area contributed by atoms with Crippen LogP contribution in [0.4, 0.5) is 5.69 Å². The third-order valence-corrected chi connectivity index (χ3v) is 4.81. The molecule has 0 saturated carbocycles. The van der Waals surface area contributed by atoms with Crippen LogP contribution in [0.2, 0.25) is 0 Å². The number of hydrogen-bond acceptors (Lipinski definition) is 8. The van der Waals surface area contributed by atoms with E-state index in [9.17, 15) is 14.8 Å². The van der Waals surface area contributed by atoms with Crippen LogP contribution < -0.4 is 24.2 Å². The number of hydrogen-bond donors (Lipinski definition) is 2. The fourth-order valence-corrected chi connectivity index (χ4v) is 3.10. The van der Waals surface area contributed by atoms with Crippen molar-refractivity contribution in [2.75, 3.05) is 21.3 Å². The van der Waals surface area contributed by atoms with E-state index < -0.39 is 11.2 Å². The number of methoxy groups -OCH3 is 3. The highest BCUT2D eigenvalue weighted by molar-refractivity contribution is 6.07. The van der Waals surface area contributed by atoms with Gasteiger partial charge in [-0.1, -0.05) is 18.2 Å². The molecule has 1 unspecified atom stereocenters. The van der Waals surface area contributed by atoms with Gasteiger partial charge in [0, 0.05) is 17.7 Å². The van der Waals surface area contributed by atoms with Crippen LogP contribution >= 0.6 is 0 Å². The van der Waals surface area contributed by atoms with Gasteiger partial charge in [0.25, 0.3) is 0 Å². The molecule has 0 radical (unpaired) electrons. The molecule has 0 aliphatic rings. The monoisotopic (exact) mass is 465 g/mol. The van der Waals surface area contributed by atoms with Crippen LogP contribution in [0.3, 0.4) is 0 Å². The van der Waals surface area contributed by atoms with Crippen LogP contribution in [-0.4, -0.2) is 38.3 Å². The lowest BCUT2D eigenvalue weighted by molar-refractivity contribution is -0.991. The van der Waals surface area contributed by atoms with Crippen molar-refractivity contribution in [3.8, 4) is 23.0 Å². The summed E-state index contributed by atoms with van der Waals surface area (Å²) >= 11 is 0. The summed E-state index contributed by atoms with van der Waals surface area (Å²) in [4.78, 5) is 25.1. The zero-order valence-corrected chi connectivity index (χ0v) is 18.7. The van der Waals surface area contributed by atoms with E-state index in [0.29, 0.717) is 28.4 Å². The number of ketones is 1. The van der Waals surface area contributed by atoms with Gasteiger partial charge in [-0.05, 0) is 48.0 Å². The summed E-state index contributed by atoms with van der Waals surface area (Å²) < 4.78 is 21.1. The summed E-state index contributed by atoms with van der Waals surface area (Å²) in [6.45, 7) is 0. The Balaban J connectivity index is 1.70. The van der Waals surface area contributed by atoms with Gasteiger partial charge in [0.15, 0.2) is 23.0 Å². The molecule has 0 aliphatic heterocycles. The molecule has 0 heterocycles. The van der Waals surface area contributed by atoms with Crippen LogP contribution in [0, 0.1) is 5.21 Å². The largest absolute Gasteiger partial charge is 0.595 e. The Morgan fingerprint density at radius 2 is 1.53 bits per heavy atom. The number of carbonyl (C=O) groups excluding carboxylic acids is 2. The second kappa shape index (κ2) is 11.1. The molecule has 34 heavy (non-hydrogen) atoms. The molecule has 1 atom stereocenters. The second-order valence-corrected chi connectivity index (χ2v) is 6.96. The first kappa shape index (κ1) is 24.5. The number of quaternary nitrogens is 1. The van der Waals surface area contributed by atoms with Gasteiger partial charge in [-0.25, -0.2) is 10.0 Å². The van der Waals surface area contributed by atoms with Crippen LogP contribution in [0.5, 0.6) is 23.0 Å². The molecule has 0 saturated heterocycles. The Hall–Kier alpha value is -4.18. The van der Waals surface area contributed by atoms with E-state index in [-0.39, 0.29) is 22.8 Å². The van der Waals surface area contributed by atoms with Crippen molar-refractivity contribution in [2.45, 2.75) is 0 Å². The van der Waals surface area contributed by atoms with Crippen molar-refractivity contribution < 1.29 is 39.0 Å². The standard InChI is InChI=1S/C25H23NO8/c1-31-22-14-18(15-23(32-2)24(22)33-3)25(28)34-20-10-8-17(9-11-20)21(27)12-7-16-5-4-6-19(13-16)26(29)30/h4-15,26,29H,1-3H3. The molecule has 2 N–H and O–H groups in total. The molecular formula is C25H23NO8. The molecule has 3 rings (SSSR count). The average Bonchev–Trinajstić information content (AvgIpc) is 2.86. The van der Waals surface area contributed by atoms with Gasteiger partial charge in [0.1, 0.15) is 5.75 Å². The second-order valence-electron chi connectivity index (χ2n) is 6.96. The molecule has 3 aromatic carbocycles. The maximum absolute atomic E-state index is 12.6. The van der Waals surface area contributed by atoms with E-state index in [0.717, 1.165) is 0 Å². The van der Waals surface area contributed by atoms with Crippen molar-refractivity contribution in [3.05, 3.63) is 88.6 Å². The molecule has 0 fully saturated rings. The van der Waals surface area contributed by atoms with Crippen molar-refractivity contribution in [1.82, 2.24) is 0 Å². The number of rotatable bonds is 9. The van der Waals surface area contributed by atoms with Crippen LogP contribution in [0.25, 0.3) is 6.08 Å². The lowest BCUT2D eigenvalue weighted by atomic mass is 10.1. The summed E-state index contributed by atoms with van der Waals surface area (Å²) in [5, 5.41) is 19.1. The number of carbonyl (C=O) groups is 2. The maximum atomic E-state index is 12.6. The molecule has 9 heteroatoms. The third-order valence-electron chi connectivity index (χ3n) is 4.81. The van der Waals surface area contributed by atoms with Gasteiger partial charge >= 0.3 is 5.97 Å². The number of allylic oxidation sites excluding steroid dienone is 1. The first-order chi connectivity index (χ1) is 16.4. The lowest BCUT2D eigenvalue weighted by Gasteiger charge is -2.13. The fourth-order valence-electron chi connectivity index (χ4n) is 3.10. The summed E-state index contributed by atoms with van der Waals surface area (Å²) in [7, 11) is 4.35. The van der Waals surface area contributed by atoms with E-state index in [1.807, 2.05) is 0 Å². The number of nitrogens with one attached hydrogen (secondary N) is 1. The SMILES string of the molecule is COc1cc(C(=O)Oc2ccc(C(=O)C=Cc3cccc([NH+]([O-])O)c3)cc2)cc(OC)c1OC. The Labute approximate surface area is 195 Å². The minimum atomic E-state index is -1.04. The van der Waals surface area contributed by atoms with E-state index in [2.05, 4.69) is 0 Å². The Kier molecular flexibility index (Phi) is 7.99. The summed E-state index contributed by atoms with van der Waals surface area (Å²) in [6, 6.07) is 15.3. The summed E-state index contributed by atoms with van der Waals surface area (Å²) in [5.74, 6) is 0.297. The number of benzene rings is 3. The van der Waals surface area contributed by atoms with E-state index in [4.69, 9.17) is 24.2 Å². The van der Waals surface area contributed by atoms with E-state index in [1.165, 1.54) is 82.0 Å². The smallest absolute Gasteiger partial charge is 0.343 e. The quantitative estimate of drug-likeness (QED) is 0.163. The van der Waals surface area contributed by atoms with Gasteiger partial charge in [-0.15, -0.1) is 0 Å². The third kappa shape index (κ3) is 5.78.